The molecule has 1 aliphatic rings. The van der Waals surface area contributed by atoms with Crippen LogP contribution in [0.15, 0.2) is 30.6 Å². The normalized spacial score (nSPS) is 14.5. The van der Waals surface area contributed by atoms with Gasteiger partial charge in [-0.25, -0.2) is 28.7 Å². The number of anilines is 3. The van der Waals surface area contributed by atoms with Crippen LogP contribution in [0.3, 0.4) is 0 Å². The number of likely N-dealkylation sites (N-methyl/N-ethyl adjacent to an activating group) is 1. The highest BCUT2D eigenvalue weighted by Gasteiger charge is 2.19. The summed E-state index contributed by atoms with van der Waals surface area (Å²) in [5.74, 6) is -0.335. The predicted octanol–water partition coefficient (Wildman–Crippen LogP) is 4.62. The molecule has 3 N–H and O–H groups in total. The van der Waals surface area contributed by atoms with Gasteiger partial charge in [0.15, 0.2) is 11.6 Å². The molecule has 40 heavy (non-hydrogen) atoms. The number of imidazole rings is 1. The zero-order valence-corrected chi connectivity index (χ0v) is 22.9. The number of hydrogen-bond donors (Lipinski definition) is 3. The van der Waals surface area contributed by atoms with Gasteiger partial charge in [-0.3, -0.25) is 9.69 Å². The lowest BCUT2D eigenvalue weighted by atomic mass is 10.1. The van der Waals surface area contributed by atoms with Gasteiger partial charge in [0, 0.05) is 62.5 Å². The van der Waals surface area contributed by atoms with E-state index in [0.717, 1.165) is 50.9 Å². The van der Waals surface area contributed by atoms with Crippen molar-refractivity contribution in [1.82, 2.24) is 34.7 Å². The predicted molar refractivity (Wildman–Crippen MR) is 150 cm³/mol. The van der Waals surface area contributed by atoms with Crippen molar-refractivity contribution in [1.29, 1.82) is 0 Å². The van der Waals surface area contributed by atoms with Crippen molar-refractivity contribution in [3.63, 3.8) is 0 Å². The topological polar surface area (TPSA) is 115 Å². The number of aromatic nitrogens is 5. The van der Waals surface area contributed by atoms with Gasteiger partial charge < -0.3 is 20.5 Å². The molecule has 0 unspecified atom stereocenters. The lowest BCUT2D eigenvalue weighted by Gasteiger charge is -2.34. The fourth-order valence-electron chi connectivity index (χ4n) is 4.82. The Balaban J connectivity index is 1.40. The number of halogens is 2. The number of pyridine rings is 1. The summed E-state index contributed by atoms with van der Waals surface area (Å²) in [5, 5.41) is 6.01. The molecule has 1 saturated heterocycles. The maximum absolute atomic E-state index is 14.8. The van der Waals surface area contributed by atoms with Crippen LogP contribution in [-0.2, 0) is 11.3 Å². The van der Waals surface area contributed by atoms with Gasteiger partial charge in [0.2, 0.25) is 11.9 Å². The van der Waals surface area contributed by atoms with Crippen molar-refractivity contribution in [2.24, 2.45) is 0 Å². The van der Waals surface area contributed by atoms with Gasteiger partial charge in [-0.05, 0) is 32.0 Å². The summed E-state index contributed by atoms with van der Waals surface area (Å²) in [6.45, 7) is 11.4. The zero-order valence-electron chi connectivity index (χ0n) is 22.9. The van der Waals surface area contributed by atoms with Crippen LogP contribution in [-0.4, -0.2) is 73.4 Å². The Morgan fingerprint density at radius 2 is 1.77 bits per heavy atom. The van der Waals surface area contributed by atoms with E-state index in [1.807, 2.05) is 6.92 Å². The number of benzene rings is 1. The Morgan fingerprint density at radius 3 is 2.52 bits per heavy atom. The molecule has 4 aromatic rings. The third-order valence-corrected chi connectivity index (χ3v) is 6.96. The maximum Gasteiger partial charge on any atom is 0.229 e. The molecule has 1 fully saturated rings. The molecular weight excluding hydrogens is 516 g/mol. The van der Waals surface area contributed by atoms with E-state index in [2.05, 4.69) is 52.3 Å². The van der Waals surface area contributed by atoms with E-state index in [-0.39, 0.29) is 28.6 Å². The number of carbonyl (C=O) groups is 1. The van der Waals surface area contributed by atoms with E-state index in [4.69, 9.17) is 0 Å². The molecule has 0 atom stereocenters. The summed E-state index contributed by atoms with van der Waals surface area (Å²) >= 11 is 0. The molecule has 5 rings (SSSR count). The Labute approximate surface area is 231 Å². The first-order valence-corrected chi connectivity index (χ1v) is 13.5. The number of H-pyrrole nitrogens is 1. The third kappa shape index (κ3) is 6.23. The fourth-order valence-corrected chi connectivity index (χ4v) is 4.82. The standard InChI is InChI=1S/C28H33F2N9O/c1-4-6-25(40)35-22-13-24(31-14-19(22)16-39-9-7-38(5-2)8-10-39)36-28-32-15-21(30)26(37-28)18-11-20(29)27-23(12-18)33-17(3)34-27/h11-15H,4-10,16H2,1-3H3,(H,33,34)(H2,31,32,35,36,37,40). The van der Waals surface area contributed by atoms with Gasteiger partial charge in [-0.1, -0.05) is 13.8 Å². The second-order valence-electron chi connectivity index (χ2n) is 9.93. The van der Waals surface area contributed by atoms with Gasteiger partial charge in [-0.2, -0.15) is 0 Å². The number of piperazine rings is 1. The van der Waals surface area contributed by atoms with Crippen molar-refractivity contribution in [3.8, 4) is 11.3 Å². The minimum Gasteiger partial charge on any atom is -0.342 e. The molecule has 210 valence electrons. The molecule has 0 saturated carbocycles. The fraction of sp³-hybridized carbons (Fsp3) is 0.393. The number of fused-ring (bicyclic) bond motifs is 1. The Morgan fingerprint density at radius 1 is 1.00 bits per heavy atom. The van der Waals surface area contributed by atoms with Crippen molar-refractivity contribution in [3.05, 3.63) is 53.6 Å². The van der Waals surface area contributed by atoms with E-state index in [9.17, 15) is 13.6 Å². The van der Waals surface area contributed by atoms with E-state index in [0.29, 0.717) is 35.8 Å². The molecular formula is C28H33F2N9O. The molecule has 0 spiro atoms. The van der Waals surface area contributed by atoms with Crippen LogP contribution in [0.1, 0.15) is 38.1 Å². The van der Waals surface area contributed by atoms with Crippen LogP contribution in [0.5, 0.6) is 0 Å². The van der Waals surface area contributed by atoms with E-state index < -0.39 is 11.6 Å². The van der Waals surface area contributed by atoms with Gasteiger partial charge in [-0.15, -0.1) is 0 Å². The number of carbonyl (C=O) groups excluding carboxylic acids is 1. The highest BCUT2D eigenvalue weighted by Crippen LogP contribution is 2.28. The molecule has 12 heteroatoms. The van der Waals surface area contributed by atoms with Gasteiger partial charge in [0.1, 0.15) is 22.9 Å². The first-order valence-electron chi connectivity index (χ1n) is 13.5. The Bertz CT molecular complexity index is 1520. The summed E-state index contributed by atoms with van der Waals surface area (Å²) in [6, 6.07) is 4.53. The van der Waals surface area contributed by atoms with Crippen LogP contribution in [0.2, 0.25) is 0 Å². The SMILES string of the molecule is CCCC(=O)Nc1cc(Nc2ncc(F)c(-c3cc(F)c4nc(C)[nH]c4c3)n2)ncc1CN1CCN(CC)CC1. The molecule has 10 nitrogen and oxygen atoms in total. The smallest absolute Gasteiger partial charge is 0.229 e. The van der Waals surface area contributed by atoms with Gasteiger partial charge in [0.25, 0.3) is 0 Å². The molecule has 3 aromatic heterocycles. The quantitative estimate of drug-likeness (QED) is 0.277. The van der Waals surface area contributed by atoms with Crippen molar-refractivity contribution in [2.75, 3.05) is 43.4 Å². The Hall–Kier alpha value is -4.03. The summed E-state index contributed by atoms with van der Waals surface area (Å²) in [6.07, 6.45) is 3.89. The number of amides is 1. The number of nitrogens with one attached hydrogen (secondary N) is 3. The van der Waals surface area contributed by atoms with E-state index in [1.165, 1.54) is 6.07 Å². The average Bonchev–Trinajstić information content (AvgIpc) is 3.32. The molecule has 1 aromatic carbocycles. The van der Waals surface area contributed by atoms with E-state index in [1.54, 1.807) is 25.3 Å². The molecule has 1 amide bonds. The third-order valence-electron chi connectivity index (χ3n) is 6.96. The Kier molecular flexibility index (Phi) is 8.27. The van der Waals surface area contributed by atoms with Crippen LogP contribution in [0.4, 0.5) is 26.2 Å². The van der Waals surface area contributed by atoms with Crippen molar-refractivity contribution in [2.45, 2.75) is 40.2 Å². The largest absolute Gasteiger partial charge is 0.342 e. The second kappa shape index (κ2) is 12.0. The molecule has 0 radical (unpaired) electrons. The summed E-state index contributed by atoms with van der Waals surface area (Å²) in [5.41, 5.74) is 2.36. The average molecular weight is 550 g/mol. The second-order valence-corrected chi connectivity index (χ2v) is 9.93. The van der Waals surface area contributed by atoms with Crippen LogP contribution < -0.4 is 10.6 Å². The number of aryl methyl sites for hydroxylation is 1. The number of nitrogens with zero attached hydrogens (tertiary/aromatic N) is 6. The van der Waals surface area contributed by atoms with E-state index >= 15 is 0 Å². The summed E-state index contributed by atoms with van der Waals surface area (Å²) in [4.78, 5) is 37.2. The first-order chi connectivity index (χ1) is 19.3. The van der Waals surface area contributed by atoms with Gasteiger partial charge >= 0.3 is 0 Å². The van der Waals surface area contributed by atoms with Crippen LogP contribution >= 0.6 is 0 Å². The molecule has 4 heterocycles. The van der Waals surface area contributed by atoms with Crippen LogP contribution in [0, 0.1) is 18.6 Å². The number of hydrogen-bond acceptors (Lipinski definition) is 8. The lowest BCUT2D eigenvalue weighted by molar-refractivity contribution is -0.116. The highest BCUT2D eigenvalue weighted by molar-refractivity contribution is 5.92. The maximum atomic E-state index is 14.8. The molecule has 0 aliphatic carbocycles. The zero-order chi connectivity index (χ0) is 28.2. The number of rotatable bonds is 9. The molecule has 1 aliphatic heterocycles. The molecule has 0 bridgehead atoms. The minimum atomic E-state index is -0.695. The first kappa shape index (κ1) is 27.5. The van der Waals surface area contributed by atoms with Crippen molar-refractivity contribution < 1.29 is 13.6 Å². The number of aromatic amines is 1. The minimum absolute atomic E-state index is 0.0649. The summed E-state index contributed by atoms with van der Waals surface area (Å²) < 4.78 is 29.4. The van der Waals surface area contributed by atoms with Gasteiger partial charge in [0.05, 0.1) is 17.4 Å². The summed E-state index contributed by atoms with van der Waals surface area (Å²) in [7, 11) is 0. The monoisotopic (exact) mass is 549 g/mol. The highest BCUT2D eigenvalue weighted by atomic mass is 19.1. The lowest BCUT2D eigenvalue weighted by Crippen LogP contribution is -2.45. The van der Waals surface area contributed by atoms with Crippen LogP contribution in [0.25, 0.3) is 22.3 Å². The van der Waals surface area contributed by atoms with Crippen molar-refractivity contribution >= 4 is 34.4 Å².